The van der Waals surface area contributed by atoms with Gasteiger partial charge in [0.15, 0.2) is 0 Å². The van der Waals surface area contributed by atoms with Gasteiger partial charge in [0.1, 0.15) is 15.6 Å². The molecule has 0 spiro atoms. The van der Waals surface area contributed by atoms with Gasteiger partial charge in [-0.25, -0.2) is 4.79 Å². The Balaban J connectivity index is 1.55. The molecular weight excluding hydrogens is 462 g/mol. The van der Waals surface area contributed by atoms with Crippen LogP contribution in [0.25, 0.3) is 0 Å². The number of halogens is 1. The van der Waals surface area contributed by atoms with E-state index >= 15 is 0 Å². The zero-order valence-electron chi connectivity index (χ0n) is 17.0. The van der Waals surface area contributed by atoms with Gasteiger partial charge in [-0.1, -0.05) is 58.4 Å². The molecule has 156 valence electrons. The number of aryl methyl sites for hydroxylation is 2. The van der Waals surface area contributed by atoms with Crippen LogP contribution in [0.2, 0.25) is 0 Å². The van der Waals surface area contributed by atoms with E-state index in [1.165, 1.54) is 0 Å². The second-order valence-electron chi connectivity index (χ2n) is 7.61. The van der Waals surface area contributed by atoms with Crippen molar-refractivity contribution < 1.29 is 9.53 Å². The van der Waals surface area contributed by atoms with E-state index < -0.39 is 5.60 Å². The monoisotopic (exact) mass is 485 g/mol. The Kier molecular flexibility index (Phi) is 6.20. The van der Waals surface area contributed by atoms with Crippen molar-refractivity contribution in [2.75, 3.05) is 6.54 Å². The smallest absolute Gasteiger partial charge is 0.411 e. The predicted molar refractivity (Wildman–Crippen MR) is 121 cm³/mol. The molecule has 0 radical (unpaired) electrons. The van der Waals surface area contributed by atoms with Crippen molar-refractivity contribution in [1.29, 1.82) is 0 Å². The van der Waals surface area contributed by atoms with Crippen molar-refractivity contribution in [1.82, 2.24) is 15.1 Å². The molecule has 4 rings (SSSR count). The van der Waals surface area contributed by atoms with Gasteiger partial charge in [-0.15, -0.1) is 21.5 Å². The van der Waals surface area contributed by atoms with Crippen molar-refractivity contribution >= 4 is 33.4 Å². The van der Waals surface area contributed by atoms with Gasteiger partial charge in [0.2, 0.25) is 0 Å². The largest absolute Gasteiger partial charge is 0.438 e. The molecule has 1 fully saturated rings. The van der Waals surface area contributed by atoms with Crippen molar-refractivity contribution in [2.24, 2.45) is 0 Å². The van der Waals surface area contributed by atoms with Crippen LogP contribution in [0.1, 0.15) is 46.9 Å². The van der Waals surface area contributed by atoms with Gasteiger partial charge < -0.3 is 9.64 Å². The van der Waals surface area contributed by atoms with Crippen molar-refractivity contribution in [3.8, 4) is 0 Å². The summed E-state index contributed by atoms with van der Waals surface area (Å²) in [4.78, 5) is 15.0. The first-order valence-corrected chi connectivity index (χ1v) is 11.7. The molecule has 3 aromatic rings. The zero-order chi connectivity index (χ0) is 21.1. The van der Waals surface area contributed by atoms with Crippen LogP contribution in [0.15, 0.2) is 59.1 Å². The Morgan fingerprint density at radius 3 is 2.53 bits per heavy atom. The van der Waals surface area contributed by atoms with E-state index in [1.54, 1.807) is 11.3 Å². The fourth-order valence-corrected chi connectivity index (χ4v) is 4.93. The molecule has 1 amide bonds. The van der Waals surface area contributed by atoms with Gasteiger partial charge in [0, 0.05) is 23.9 Å². The fourth-order valence-electron chi connectivity index (χ4n) is 3.96. The highest BCUT2D eigenvalue weighted by molar-refractivity contribution is 9.10. The fraction of sp³-hybridized carbons (Fsp3) is 0.348. The number of rotatable bonds is 6. The lowest BCUT2D eigenvalue weighted by atomic mass is 9.84. The average Bonchev–Trinajstić information content (AvgIpc) is 3.18. The lowest BCUT2D eigenvalue weighted by molar-refractivity contribution is -0.0653. The van der Waals surface area contributed by atoms with E-state index in [1.807, 2.05) is 73.3 Å². The molecule has 0 unspecified atom stereocenters. The predicted octanol–water partition coefficient (Wildman–Crippen LogP) is 6.04. The molecule has 0 aliphatic carbocycles. The zero-order valence-corrected chi connectivity index (χ0v) is 19.4. The van der Waals surface area contributed by atoms with Gasteiger partial charge >= 0.3 is 6.09 Å². The Hall–Kier alpha value is -2.25. The maximum Gasteiger partial charge on any atom is 0.411 e. The third-order valence-corrected chi connectivity index (χ3v) is 7.13. The van der Waals surface area contributed by atoms with Crippen molar-refractivity contribution in [2.45, 2.75) is 44.8 Å². The van der Waals surface area contributed by atoms with E-state index in [9.17, 15) is 4.79 Å². The SMILES string of the molecule is Cc1nnc(CC[C@]2(c3ccccc3)CCN([C@@H](C)c3ccc(Br)cc3)C(=O)O2)s1. The van der Waals surface area contributed by atoms with E-state index in [-0.39, 0.29) is 12.1 Å². The Morgan fingerprint density at radius 1 is 1.17 bits per heavy atom. The molecule has 0 N–H and O–H groups in total. The number of amides is 1. The Morgan fingerprint density at radius 2 is 1.90 bits per heavy atom. The molecule has 1 saturated heterocycles. The summed E-state index contributed by atoms with van der Waals surface area (Å²) >= 11 is 5.07. The number of carbonyl (C=O) groups excluding carboxylic acids is 1. The number of cyclic esters (lactones) is 1. The lowest BCUT2D eigenvalue weighted by Gasteiger charge is -2.43. The number of ether oxygens (including phenoxy) is 1. The first kappa shape index (κ1) is 21.0. The molecule has 5 nitrogen and oxygen atoms in total. The Labute approximate surface area is 189 Å². The molecule has 1 aliphatic heterocycles. The third kappa shape index (κ3) is 4.42. The standard InChI is InChI=1S/C23H24BrN3O2S/c1-16(18-8-10-20(24)11-9-18)27-15-14-23(29-22(27)28,19-6-4-3-5-7-19)13-12-21-26-25-17(2)30-21/h3-11,16H,12-15H2,1-2H3/t16-,23+/m0/s1. The second-order valence-corrected chi connectivity index (χ2v) is 9.80. The summed E-state index contributed by atoms with van der Waals surface area (Å²) in [6.07, 6.45) is 1.89. The molecule has 2 heterocycles. The second kappa shape index (κ2) is 8.86. The topological polar surface area (TPSA) is 55.3 Å². The van der Waals surface area contributed by atoms with E-state index in [0.29, 0.717) is 13.0 Å². The molecule has 1 aliphatic rings. The van der Waals surface area contributed by atoms with Gasteiger partial charge in [-0.2, -0.15) is 0 Å². The number of hydrogen-bond donors (Lipinski definition) is 0. The number of carbonyl (C=O) groups is 1. The minimum Gasteiger partial charge on any atom is -0.438 e. The molecule has 7 heteroatoms. The van der Waals surface area contributed by atoms with Gasteiger partial charge in [0.05, 0.1) is 6.04 Å². The van der Waals surface area contributed by atoms with Gasteiger partial charge in [0.25, 0.3) is 0 Å². The summed E-state index contributed by atoms with van der Waals surface area (Å²) < 4.78 is 7.22. The minimum atomic E-state index is -0.645. The summed E-state index contributed by atoms with van der Waals surface area (Å²) in [6, 6.07) is 18.1. The maximum atomic E-state index is 13.1. The normalized spacial score (nSPS) is 20.1. The Bertz CT molecular complexity index is 1010. The van der Waals surface area contributed by atoms with Crippen LogP contribution in [0.4, 0.5) is 4.79 Å². The molecule has 2 atom stereocenters. The third-order valence-electron chi connectivity index (χ3n) is 5.70. The molecule has 1 aromatic heterocycles. The van der Waals surface area contributed by atoms with E-state index in [4.69, 9.17) is 4.74 Å². The van der Waals surface area contributed by atoms with Crippen LogP contribution in [0, 0.1) is 6.92 Å². The first-order chi connectivity index (χ1) is 14.5. The summed E-state index contributed by atoms with van der Waals surface area (Å²) in [5, 5.41) is 10.3. The highest BCUT2D eigenvalue weighted by atomic mass is 79.9. The summed E-state index contributed by atoms with van der Waals surface area (Å²) in [5.74, 6) is 0. The molecular formula is C23H24BrN3O2S. The van der Waals surface area contributed by atoms with Crippen molar-refractivity contribution in [3.63, 3.8) is 0 Å². The van der Waals surface area contributed by atoms with Gasteiger partial charge in [-0.3, -0.25) is 0 Å². The van der Waals surface area contributed by atoms with Crippen LogP contribution < -0.4 is 0 Å². The number of benzene rings is 2. The van der Waals surface area contributed by atoms with Crippen LogP contribution in [-0.4, -0.2) is 27.7 Å². The quantitative estimate of drug-likeness (QED) is 0.426. The molecule has 0 saturated carbocycles. The molecule has 30 heavy (non-hydrogen) atoms. The highest BCUT2D eigenvalue weighted by Gasteiger charge is 2.43. The molecule has 2 aromatic carbocycles. The summed E-state index contributed by atoms with van der Waals surface area (Å²) in [5.41, 5.74) is 1.48. The highest BCUT2D eigenvalue weighted by Crippen LogP contribution is 2.40. The van der Waals surface area contributed by atoms with E-state index in [2.05, 4.69) is 26.1 Å². The lowest BCUT2D eigenvalue weighted by Crippen LogP contribution is -2.49. The minimum absolute atomic E-state index is 0.0508. The summed E-state index contributed by atoms with van der Waals surface area (Å²) in [6.45, 7) is 4.64. The van der Waals surface area contributed by atoms with E-state index in [0.717, 1.165) is 38.5 Å². The van der Waals surface area contributed by atoms with Crippen molar-refractivity contribution in [3.05, 3.63) is 80.2 Å². The average molecular weight is 486 g/mol. The summed E-state index contributed by atoms with van der Waals surface area (Å²) in [7, 11) is 0. The van der Waals surface area contributed by atoms with Crippen LogP contribution in [0.5, 0.6) is 0 Å². The van der Waals surface area contributed by atoms with Crippen LogP contribution in [0.3, 0.4) is 0 Å². The number of nitrogens with zero attached hydrogens (tertiary/aromatic N) is 3. The van der Waals surface area contributed by atoms with Crippen LogP contribution >= 0.6 is 27.3 Å². The van der Waals surface area contributed by atoms with Gasteiger partial charge in [-0.05, 0) is 43.5 Å². The number of aromatic nitrogens is 2. The number of hydrogen-bond acceptors (Lipinski definition) is 5. The molecule has 0 bridgehead atoms. The maximum absolute atomic E-state index is 13.1. The first-order valence-electron chi connectivity index (χ1n) is 10.1. The van der Waals surface area contributed by atoms with Crippen LogP contribution in [-0.2, 0) is 16.8 Å².